The van der Waals surface area contributed by atoms with Crippen molar-refractivity contribution in [2.24, 2.45) is 10.7 Å². The smallest absolute Gasteiger partial charge is 0.274 e. The molecule has 1 aromatic heterocycles. The molecule has 1 amide bonds. The highest BCUT2D eigenvalue weighted by molar-refractivity contribution is 8.14. The molecule has 156 valence electrons. The van der Waals surface area contributed by atoms with Gasteiger partial charge in [-0.1, -0.05) is 18.7 Å². The van der Waals surface area contributed by atoms with Gasteiger partial charge in [-0.15, -0.1) is 0 Å². The molecule has 6 nitrogen and oxygen atoms in total. The Labute approximate surface area is 177 Å². The Hall–Kier alpha value is -2.99. The van der Waals surface area contributed by atoms with Crippen LogP contribution in [0.1, 0.15) is 47.4 Å². The Kier molecular flexibility index (Phi) is 6.08. The Morgan fingerprint density at radius 2 is 2.17 bits per heavy atom. The van der Waals surface area contributed by atoms with E-state index in [-0.39, 0.29) is 22.1 Å². The standard InChI is InChI=1S/C21H21F2N5OS/c1-4-16-18(23)21(3,28-20(25)30-16)14-8-13(5-6-15(14)22)27-19(29)17-11(2)7-12(9-24)10-26-17/h5-8,10,16,18H,4H2,1-3H3,(H2,25,28)(H,27,29)/t16-,18+,21-/m1/s1. The summed E-state index contributed by atoms with van der Waals surface area (Å²) in [5.41, 5.74) is 5.66. The Morgan fingerprint density at radius 3 is 2.80 bits per heavy atom. The SMILES string of the molecule is CC[C@H]1SC(N)=N[C@](C)(c2cc(NC(=O)c3ncc(C#N)cc3C)ccc2F)[C@H]1F. The molecule has 3 rings (SSSR count). The van der Waals surface area contributed by atoms with Crippen LogP contribution in [0.15, 0.2) is 35.5 Å². The first kappa shape index (κ1) is 21.7. The third-order valence-corrected chi connectivity index (χ3v) is 6.28. The lowest BCUT2D eigenvalue weighted by atomic mass is 9.84. The maximum atomic E-state index is 15.2. The predicted octanol–water partition coefficient (Wildman–Crippen LogP) is 4.05. The first-order valence-electron chi connectivity index (χ1n) is 9.33. The predicted molar refractivity (Wildman–Crippen MR) is 114 cm³/mol. The summed E-state index contributed by atoms with van der Waals surface area (Å²) in [5, 5.41) is 11.3. The largest absolute Gasteiger partial charge is 0.379 e. The van der Waals surface area contributed by atoms with Gasteiger partial charge in [-0.05, 0) is 50.1 Å². The van der Waals surface area contributed by atoms with Crippen molar-refractivity contribution in [1.29, 1.82) is 5.26 Å². The number of halogens is 2. The second-order valence-corrected chi connectivity index (χ2v) is 8.47. The fraction of sp³-hybridized carbons (Fsp3) is 0.333. The van der Waals surface area contributed by atoms with Crippen LogP contribution in [0.5, 0.6) is 0 Å². The molecule has 0 aliphatic carbocycles. The molecule has 2 heterocycles. The number of nitrogens with two attached hydrogens (primary N) is 1. The zero-order chi connectivity index (χ0) is 22.1. The van der Waals surface area contributed by atoms with Crippen molar-refractivity contribution >= 4 is 28.5 Å². The average molecular weight is 429 g/mol. The zero-order valence-electron chi connectivity index (χ0n) is 16.7. The summed E-state index contributed by atoms with van der Waals surface area (Å²) >= 11 is 1.14. The lowest BCUT2D eigenvalue weighted by Crippen LogP contribution is -2.45. The second kappa shape index (κ2) is 8.40. The average Bonchev–Trinajstić information content (AvgIpc) is 2.71. The Morgan fingerprint density at radius 1 is 1.43 bits per heavy atom. The molecular weight excluding hydrogens is 408 g/mol. The van der Waals surface area contributed by atoms with Crippen LogP contribution in [-0.2, 0) is 5.54 Å². The zero-order valence-corrected chi connectivity index (χ0v) is 17.6. The molecule has 1 aromatic carbocycles. The molecule has 2 aromatic rings. The highest BCUT2D eigenvalue weighted by atomic mass is 32.2. The normalized spacial score (nSPS) is 23.4. The van der Waals surface area contributed by atoms with Gasteiger partial charge < -0.3 is 11.1 Å². The second-order valence-electron chi connectivity index (χ2n) is 7.21. The number of benzene rings is 1. The molecule has 0 bridgehead atoms. The fourth-order valence-electron chi connectivity index (χ4n) is 3.45. The van der Waals surface area contributed by atoms with E-state index in [0.29, 0.717) is 17.5 Å². The van der Waals surface area contributed by atoms with Gasteiger partial charge >= 0.3 is 0 Å². The minimum Gasteiger partial charge on any atom is -0.379 e. The van der Waals surface area contributed by atoms with Crippen molar-refractivity contribution in [1.82, 2.24) is 4.98 Å². The number of nitrogens with one attached hydrogen (secondary N) is 1. The van der Waals surface area contributed by atoms with Crippen molar-refractivity contribution in [3.8, 4) is 6.07 Å². The van der Waals surface area contributed by atoms with Crippen LogP contribution in [0, 0.1) is 24.1 Å². The number of aromatic nitrogens is 1. The third-order valence-electron chi connectivity index (χ3n) is 5.07. The fourth-order valence-corrected chi connectivity index (χ4v) is 4.55. The Bertz CT molecular complexity index is 1070. The number of nitrogens with zero attached hydrogens (tertiary/aromatic N) is 3. The summed E-state index contributed by atoms with van der Waals surface area (Å²) in [6, 6.07) is 7.43. The van der Waals surface area contributed by atoms with E-state index in [0.717, 1.165) is 17.8 Å². The van der Waals surface area contributed by atoms with E-state index in [4.69, 9.17) is 11.0 Å². The highest BCUT2D eigenvalue weighted by Gasteiger charge is 2.46. The lowest BCUT2D eigenvalue weighted by molar-refractivity contribution is 0.102. The van der Waals surface area contributed by atoms with Crippen LogP contribution < -0.4 is 11.1 Å². The molecule has 3 N–H and O–H groups in total. The maximum Gasteiger partial charge on any atom is 0.274 e. The van der Waals surface area contributed by atoms with E-state index in [2.05, 4.69) is 15.3 Å². The first-order valence-corrected chi connectivity index (χ1v) is 10.2. The van der Waals surface area contributed by atoms with Crippen molar-refractivity contribution in [2.45, 2.75) is 44.2 Å². The number of anilines is 1. The summed E-state index contributed by atoms with van der Waals surface area (Å²) in [6.07, 6.45) is 0.358. The number of hydrogen-bond acceptors (Lipinski definition) is 6. The van der Waals surface area contributed by atoms with Crippen molar-refractivity contribution in [2.75, 3.05) is 5.32 Å². The molecule has 0 unspecified atom stereocenters. The van der Waals surface area contributed by atoms with Crippen molar-refractivity contribution in [3.05, 3.63) is 58.7 Å². The van der Waals surface area contributed by atoms with Crippen LogP contribution in [0.25, 0.3) is 0 Å². The summed E-state index contributed by atoms with van der Waals surface area (Å²) < 4.78 is 29.9. The van der Waals surface area contributed by atoms with Crippen LogP contribution in [0.2, 0.25) is 0 Å². The number of hydrogen-bond donors (Lipinski definition) is 2. The summed E-state index contributed by atoms with van der Waals surface area (Å²) in [7, 11) is 0. The minimum atomic E-state index is -1.51. The molecule has 0 saturated heterocycles. The number of nitriles is 1. The summed E-state index contributed by atoms with van der Waals surface area (Å²) in [6.45, 7) is 5.00. The number of aliphatic imine (C=N–C) groups is 1. The van der Waals surface area contributed by atoms with Gasteiger partial charge in [0, 0.05) is 22.7 Å². The van der Waals surface area contributed by atoms with E-state index in [1.54, 1.807) is 13.0 Å². The number of alkyl halides is 1. The molecule has 0 radical (unpaired) electrons. The number of carbonyl (C=O) groups is 1. The van der Waals surface area contributed by atoms with E-state index in [1.165, 1.54) is 25.3 Å². The van der Waals surface area contributed by atoms with Gasteiger partial charge in [0.1, 0.15) is 29.3 Å². The number of amides is 1. The topological polar surface area (TPSA) is 104 Å². The van der Waals surface area contributed by atoms with E-state index < -0.39 is 28.7 Å². The van der Waals surface area contributed by atoms with Crippen molar-refractivity contribution < 1.29 is 13.6 Å². The van der Waals surface area contributed by atoms with E-state index in [1.807, 2.05) is 13.0 Å². The molecule has 0 saturated carbocycles. The van der Waals surface area contributed by atoms with Gasteiger partial charge in [0.2, 0.25) is 0 Å². The monoisotopic (exact) mass is 429 g/mol. The number of pyridine rings is 1. The lowest BCUT2D eigenvalue weighted by Gasteiger charge is -2.38. The molecule has 3 atom stereocenters. The van der Waals surface area contributed by atoms with Gasteiger partial charge in [-0.25, -0.2) is 18.8 Å². The van der Waals surface area contributed by atoms with Crippen molar-refractivity contribution in [3.63, 3.8) is 0 Å². The van der Waals surface area contributed by atoms with Gasteiger partial charge in [0.15, 0.2) is 5.17 Å². The van der Waals surface area contributed by atoms with Crippen LogP contribution in [-0.4, -0.2) is 27.5 Å². The molecule has 0 spiro atoms. The molecule has 1 aliphatic rings. The number of thioether (sulfide) groups is 1. The molecule has 0 fully saturated rings. The minimum absolute atomic E-state index is 0.0130. The number of carbonyl (C=O) groups excluding carboxylic acids is 1. The maximum absolute atomic E-state index is 15.2. The van der Waals surface area contributed by atoms with Crippen LogP contribution in [0.4, 0.5) is 14.5 Å². The number of rotatable bonds is 4. The third kappa shape index (κ3) is 4.00. The quantitative estimate of drug-likeness (QED) is 0.763. The van der Waals surface area contributed by atoms with Gasteiger partial charge in [0.25, 0.3) is 5.91 Å². The molecule has 9 heteroatoms. The molecule has 30 heavy (non-hydrogen) atoms. The van der Waals surface area contributed by atoms with Crippen LogP contribution in [0.3, 0.4) is 0 Å². The van der Waals surface area contributed by atoms with Crippen LogP contribution >= 0.6 is 11.8 Å². The highest BCUT2D eigenvalue weighted by Crippen LogP contribution is 2.43. The van der Waals surface area contributed by atoms with E-state index >= 15 is 4.39 Å². The Balaban J connectivity index is 1.95. The van der Waals surface area contributed by atoms with E-state index in [9.17, 15) is 9.18 Å². The number of aryl methyl sites for hydroxylation is 1. The van der Waals surface area contributed by atoms with Gasteiger partial charge in [-0.2, -0.15) is 5.26 Å². The summed E-state index contributed by atoms with van der Waals surface area (Å²) in [4.78, 5) is 20.9. The van der Waals surface area contributed by atoms with Gasteiger partial charge in [0.05, 0.1) is 5.56 Å². The summed E-state index contributed by atoms with van der Waals surface area (Å²) in [5.74, 6) is -1.16. The number of amidine groups is 1. The first-order chi connectivity index (χ1) is 14.2. The molecule has 1 aliphatic heterocycles. The molecular formula is C21H21F2N5OS. The van der Waals surface area contributed by atoms with Gasteiger partial charge in [-0.3, -0.25) is 4.79 Å².